The van der Waals surface area contributed by atoms with Gasteiger partial charge >= 0.3 is 0 Å². The molecule has 2 N–H and O–H groups in total. The monoisotopic (exact) mass is 185 g/mol. The van der Waals surface area contributed by atoms with Crippen LogP contribution in [-0.2, 0) is 0 Å². The van der Waals surface area contributed by atoms with Crippen molar-refractivity contribution in [3.63, 3.8) is 0 Å². The molecule has 1 atom stereocenters. The third kappa shape index (κ3) is 3.10. The average Bonchev–Trinajstić information content (AvgIpc) is 2.13. The van der Waals surface area contributed by atoms with E-state index in [0.29, 0.717) is 0 Å². The Hall–Kier alpha value is -0.750. The van der Waals surface area contributed by atoms with Crippen LogP contribution in [0.2, 0.25) is 0 Å². The Balaban J connectivity index is 0.000000561. The van der Waals surface area contributed by atoms with Gasteiger partial charge in [-0.05, 0) is 34.0 Å². The molecule has 1 aromatic rings. The molecule has 0 amide bonds. The van der Waals surface area contributed by atoms with Crippen molar-refractivity contribution >= 4 is 15.1 Å². The SMILES string of the molecule is CC.Cc1ccc(O)c(NP)c1. The summed E-state index contributed by atoms with van der Waals surface area (Å²) in [4.78, 5) is 0. The molecule has 3 heteroatoms. The van der Waals surface area contributed by atoms with E-state index in [-0.39, 0.29) is 5.75 Å². The average molecular weight is 185 g/mol. The summed E-state index contributed by atoms with van der Waals surface area (Å²) < 4.78 is 0. The quantitative estimate of drug-likeness (QED) is 0.520. The van der Waals surface area contributed by atoms with Crippen molar-refractivity contribution in [1.82, 2.24) is 0 Å². The molecule has 0 aliphatic carbocycles. The maximum atomic E-state index is 9.16. The number of rotatable bonds is 1. The van der Waals surface area contributed by atoms with Crippen LogP contribution < -0.4 is 5.09 Å². The third-order valence-corrected chi connectivity index (χ3v) is 1.62. The standard InChI is InChI=1S/C7H10NOP.C2H6/c1-5-2-3-7(9)6(4-5)8-10;1-2/h2-4,8-9H,10H2,1H3;1-2H3. The van der Waals surface area contributed by atoms with Crippen LogP contribution in [0.5, 0.6) is 5.75 Å². The second-order valence-electron chi connectivity index (χ2n) is 2.16. The highest BCUT2D eigenvalue weighted by molar-refractivity contribution is 7.18. The Morgan fingerprint density at radius 1 is 1.33 bits per heavy atom. The van der Waals surface area contributed by atoms with E-state index in [2.05, 4.69) is 14.5 Å². The van der Waals surface area contributed by atoms with Gasteiger partial charge < -0.3 is 10.2 Å². The summed E-state index contributed by atoms with van der Waals surface area (Å²) in [6.07, 6.45) is 0. The molecule has 0 aliphatic rings. The minimum absolute atomic E-state index is 0.278. The first-order valence-electron chi connectivity index (χ1n) is 4.00. The molecular weight excluding hydrogens is 169 g/mol. The van der Waals surface area contributed by atoms with Crippen LogP contribution in [-0.4, -0.2) is 5.11 Å². The summed E-state index contributed by atoms with van der Waals surface area (Å²) in [6.45, 7) is 5.98. The van der Waals surface area contributed by atoms with Crippen LogP contribution >= 0.6 is 9.39 Å². The van der Waals surface area contributed by atoms with Gasteiger partial charge in [-0.15, -0.1) is 0 Å². The van der Waals surface area contributed by atoms with Crippen molar-refractivity contribution in [2.75, 3.05) is 5.09 Å². The van der Waals surface area contributed by atoms with E-state index in [4.69, 9.17) is 5.11 Å². The molecule has 0 fully saturated rings. The number of benzene rings is 1. The van der Waals surface area contributed by atoms with Crippen molar-refractivity contribution in [3.8, 4) is 5.75 Å². The minimum Gasteiger partial charge on any atom is -0.506 e. The third-order valence-electron chi connectivity index (χ3n) is 1.31. The van der Waals surface area contributed by atoms with Crippen molar-refractivity contribution in [1.29, 1.82) is 0 Å². The molecule has 12 heavy (non-hydrogen) atoms. The van der Waals surface area contributed by atoms with E-state index in [9.17, 15) is 0 Å². The summed E-state index contributed by atoms with van der Waals surface area (Å²) in [6, 6.07) is 5.41. The summed E-state index contributed by atoms with van der Waals surface area (Å²) in [5.41, 5.74) is 1.87. The van der Waals surface area contributed by atoms with Gasteiger partial charge in [-0.2, -0.15) is 0 Å². The highest BCUT2D eigenvalue weighted by Gasteiger charge is 1.95. The van der Waals surface area contributed by atoms with Crippen LogP contribution in [0.15, 0.2) is 18.2 Å². The van der Waals surface area contributed by atoms with Gasteiger partial charge in [0, 0.05) is 0 Å². The highest BCUT2D eigenvalue weighted by atomic mass is 31.0. The lowest BCUT2D eigenvalue weighted by Crippen LogP contribution is -1.81. The van der Waals surface area contributed by atoms with Crippen molar-refractivity contribution in [3.05, 3.63) is 23.8 Å². The first-order valence-corrected chi connectivity index (χ1v) is 4.58. The van der Waals surface area contributed by atoms with Crippen molar-refractivity contribution < 1.29 is 5.11 Å². The number of hydrogen-bond acceptors (Lipinski definition) is 2. The molecule has 68 valence electrons. The number of phenols is 1. The van der Waals surface area contributed by atoms with Gasteiger partial charge in [-0.1, -0.05) is 19.9 Å². The normalized spacial score (nSPS) is 8.33. The minimum atomic E-state index is 0.278. The number of anilines is 1. The van der Waals surface area contributed by atoms with Crippen LogP contribution in [0.1, 0.15) is 19.4 Å². The molecule has 1 rings (SSSR count). The molecule has 0 spiro atoms. The molecule has 1 aromatic carbocycles. The fourth-order valence-corrected chi connectivity index (χ4v) is 0.997. The van der Waals surface area contributed by atoms with Gasteiger partial charge in [0.05, 0.1) is 5.69 Å². The zero-order chi connectivity index (χ0) is 9.56. The first-order chi connectivity index (χ1) is 5.74. The Labute approximate surface area is 76.3 Å². The van der Waals surface area contributed by atoms with Gasteiger partial charge in [0.2, 0.25) is 0 Å². The lowest BCUT2D eigenvalue weighted by Gasteiger charge is -2.02. The van der Waals surface area contributed by atoms with E-state index in [1.807, 2.05) is 32.9 Å². The fourth-order valence-electron chi connectivity index (χ4n) is 0.765. The first kappa shape index (κ1) is 11.2. The predicted octanol–water partition coefficient (Wildman–Crippen LogP) is 2.93. The fraction of sp³-hybridized carbons (Fsp3) is 0.333. The Morgan fingerprint density at radius 2 is 1.92 bits per heavy atom. The smallest absolute Gasteiger partial charge is 0.138 e. The van der Waals surface area contributed by atoms with Crippen molar-refractivity contribution in [2.45, 2.75) is 20.8 Å². The van der Waals surface area contributed by atoms with Gasteiger partial charge in [-0.3, -0.25) is 0 Å². The Morgan fingerprint density at radius 3 is 2.33 bits per heavy atom. The van der Waals surface area contributed by atoms with Gasteiger partial charge in [0.15, 0.2) is 0 Å². The zero-order valence-electron chi connectivity index (χ0n) is 7.76. The summed E-state index contributed by atoms with van der Waals surface area (Å²) in [5.74, 6) is 0.278. The van der Waals surface area contributed by atoms with Gasteiger partial charge in [0.25, 0.3) is 0 Å². The molecule has 0 radical (unpaired) electrons. The summed E-state index contributed by atoms with van der Waals surface area (Å²) in [5, 5.41) is 12.0. The van der Waals surface area contributed by atoms with Crippen molar-refractivity contribution in [2.24, 2.45) is 0 Å². The Kier molecular flexibility index (Phi) is 5.48. The van der Waals surface area contributed by atoms with E-state index >= 15 is 0 Å². The molecule has 0 bridgehead atoms. The number of nitrogens with one attached hydrogen (secondary N) is 1. The summed E-state index contributed by atoms with van der Waals surface area (Å²) in [7, 11) is 2.34. The van der Waals surface area contributed by atoms with Crippen LogP contribution in [0, 0.1) is 6.92 Å². The molecule has 0 saturated heterocycles. The molecule has 0 aromatic heterocycles. The lowest BCUT2D eigenvalue weighted by atomic mass is 10.2. The van der Waals surface area contributed by atoms with Crippen LogP contribution in [0.4, 0.5) is 5.69 Å². The molecule has 0 aliphatic heterocycles. The van der Waals surface area contributed by atoms with Crippen LogP contribution in [0.25, 0.3) is 0 Å². The number of hydrogen-bond donors (Lipinski definition) is 2. The largest absolute Gasteiger partial charge is 0.506 e. The molecular formula is C9H16NOP. The van der Waals surface area contributed by atoms with E-state index in [1.165, 1.54) is 0 Å². The number of aryl methyl sites for hydroxylation is 1. The van der Waals surface area contributed by atoms with Gasteiger partial charge in [-0.25, -0.2) is 0 Å². The Bertz CT molecular complexity index is 238. The van der Waals surface area contributed by atoms with E-state index in [0.717, 1.165) is 11.3 Å². The molecule has 2 nitrogen and oxygen atoms in total. The molecule has 0 heterocycles. The van der Waals surface area contributed by atoms with E-state index in [1.54, 1.807) is 6.07 Å². The lowest BCUT2D eigenvalue weighted by molar-refractivity contribution is 0.478. The summed E-state index contributed by atoms with van der Waals surface area (Å²) >= 11 is 0. The van der Waals surface area contributed by atoms with Crippen LogP contribution in [0.3, 0.4) is 0 Å². The maximum absolute atomic E-state index is 9.16. The molecule has 1 unspecified atom stereocenters. The number of phenolic OH excluding ortho intramolecular Hbond substituents is 1. The maximum Gasteiger partial charge on any atom is 0.138 e. The van der Waals surface area contributed by atoms with E-state index < -0.39 is 0 Å². The zero-order valence-corrected chi connectivity index (χ0v) is 8.91. The second-order valence-corrected chi connectivity index (χ2v) is 2.45. The number of aromatic hydroxyl groups is 1. The predicted molar refractivity (Wildman–Crippen MR) is 57.5 cm³/mol. The topological polar surface area (TPSA) is 32.3 Å². The highest BCUT2D eigenvalue weighted by Crippen LogP contribution is 2.24. The molecule has 0 saturated carbocycles. The second kappa shape index (κ2) is 5.84. The van der Waals surface area contributed by atoms with Gasteiger partial charge in [0.1, 0.15) is 5.75 Å².